The van der Waals surface area contributed by atoms with Crippen molar-refractivity contribution in [1.29, 1.82) is 0 Å². The van der Waals surface area contributed by atoms with Gasteiger partial charge >= 0.3 is 5.97 Å². The van der Waals surface area contributed by atoms with Crippen LogP contribution in [0.15, 0.2) is 30.9 Å². The number of hydrogen-bond donors (Lipinski definition) is 5. The quantitative estimate of drug-likeness (QED) is 0.185. The zero-order valence-electron chi connectivity index (χ0n) is 24.5. The number of rotatable bonds is 13. The van der Waals surface area contributed by atoms with E-state index in [1.54, 1.807) is 20.5 Å². The monoisotopic (exact) mass is 585 g/mol. The fraction of sp³-hybridized carbons (Fsp3) is 0.586. The van der Waals surface area contributed by atoms with Crippen molar-refractivity contribution in [3.63, 3.8) is 0 Å². The van der Waals surface area contributed by atoms with Gasteiger partial charge in [0.25, 0.3) is 0 Å². The van der Waals surface area contributed by atoms with E-state index in [-0.39, 0.29) is 24.1 Å². The Hall–Kier alpha value is -3.52. The molecular weight excluding hydrogens is 542 g/mol. The van der Waals surface area contributed by atoms with Crippen molar-refractivity contribution in [3.05, 3.63) is 36.4 Å². The van der Waals surface area contributed by atoms with Crippen LogP contribution in [0.5, 0.6) is 11.5 Å². The molecule has 3 aromatic rings. The number of aliphatic hydroxyl groups is 2. The number of ether oxygens (including phenoxy) is 3. The highest BCUT2D eigenvalue weighted by molar-refractivity contribution is 5.82. The van der Waals surface area contributed by atoms with E-state index in [1.807, 2.05) is 29.7 Å². The summed E-state index contributed by atoms with van der Waals surface area (Å²) >= 11 is 0. The first kappa shape index (κ1) is 31.4. The largest absolute Gasteiger partial charge is 0.497 e. The Balaban J connectivity index is 0.00000405. The molecule has 0 aliphatic heterocycles. The van der Waals surface area contributed by atoms with E-state index in [0.717, 1.165) is 24.8 Å². The van der Waals surface area contributed by atoms with Crippen molar-refractivity contribution in [1.82, 2.24) is 31.0 Å². The lowest BCUT2D eigenvalue weighted by Crippen LogP contribution is -2.44. The fourth-order valence-electron chi connectivity index (χ4n) is 5.99. The number of nitrogens with zero attached hydrogens (tertiary/aromatic N) is 4. The molecule has 0 unspecified atom stereocenters. The van der Waals surface area contributed by atoms with E-state index in [1.165, 1.54) is 6.33 Å². The highest BCUT2D eigenvalue weighted by Crippen LogP contribution is 2.38. The number of hydrogen-bond acceptors (Lipinski definition) is 12. The number of fused-ring (bicyclic) bond motifs is 1. The summed E-state index contributed by atoms with van der Waals surface area (Å²) in [5, 5.41) is 28.7. The van der Waals surface area contributed by atoms with Crippen LogP contribution in [0.3, 0.4) is 0 Å². The van der Waals surface area contributed by atoms with Crippen LogP contribution in [0.2, 0.25) is 0 Å². The molecule has 42 heavy (non-hydrogen) atoms. The Morgan fingerprint density at radius 3 is 2.64 bits per heavy atom. The fourth-order valence-corrected chi connectivity index (χ4v) is 5.99. The number of carbonyl (C=O) groups excluding carboxylic acids is 1. The molecule has 2 saturated carbocycles. The summed E-state index contributed by atoms with van der Waals surface area (Å²) in [7, 11) is 3.23. The van der Waals surface area contributed by atoms with Gasteiger partial charge < -0.3 is 45.8 Å². The van der Waals surface area contributed by atoms with Crippen LogP contribution < -0.4 is 26.3 Å². The van der Waals surface area contributed by atoms with E-state index in [9.17, 15) is 15.0 Å². The molecule has 0 saturated heterocycles. The second-order valence-corrected chi connectivity index (χ2v) is 10.9. The molecule has 4 atom stereocenters. The predicted octanol–water partition coefficient (Wildman–Crippen LogP) is 2.61. The van der Waals surface area contributed by atoms with Gasteiger partial charge in [-0.25, -0.2) is 15.0 Å². The van der Waals surface area contributed by atoms with Gasteiger partial charge in [-0.05, 0) is 50.7 Å². The summed E-state index contributed by atoms with van der Waals surface area (Å²) in [5.41, 5.74) is 2.12. The Bertz CT molecular complexity index is 1330. The van der Waals surface area contributed by atoms with E-state index in [2.05, 4.69) is 25.6 Å². The minimum Gasteiger partial charge on any atom is -0.497 e. The number of imidazole rings is 1. The number of methoxy groups -OCH3 is 2. The van der Waals surface area contributed by atoms with Crippen LogP contribution in [0.4, 0.5) is 5.82 Å². The molecule has 0 radical (unpaired) electrons. The van der Waals surface area contributed by atoms with Crippen LogP contribution in [-0.4, -0.2) is 81.3 Å². The third-order valence-electron chi connectivity index (χ3n) is 8.39. The highest BCUT2D eigenvalue weighted by Gasteiger charge is 2.43. The molecule has 5 rings (SSSR count). The summed E-state index contributed by atoms with van der Waals surface area (Å²) in [6.07, 6.45) is 5.27. The molecule has 13 nitrogen and oxygen atoms in total. The number of aliphatic hydroxyl groups excluding tert-OH is 2. The zero-order valence-corrected chi connectivity index (χ0v) is 24.5. The summed E-state index contributed by atoms with van der Waals surface area (Å²) in [4.78, 5) is 25.0. The van der Waals surface area contributed by atoms with Crippen LogP contribution in [-0.2, 0) is 16.1 Å². The Kier molecular flexibility index (Phi) is 10.5. The normalized spacial score (nSPS) is 25.0. The molecule has 0 spiro atoms. The second kappa shape index (κ2) is 14.1. The maximum absolute atomic E-state index is 11.6. The van der Waals surface area contributed by atoms with Gasteiger partial charge in [0.05, 0.1) is 39.3 Å². The zero-order chi connectivity index (χ0) is 28.9. The molecule has 0 amide bonds. The summed E-state index contributed by atoms with van der Waals surface area (Å²) in [6, 6.07) is 5.64. The third kappa shape index (κ3) is 6.75. The Labute approximate surface area is 245 Å². The molecule has 13 heteroatoms. The van der Waals surface area contributed by atoms with Crippen molar-refractivity contribution in [2.75, 3.05) is 32.7 Å². The lowest BCUT2D eigenvalue weighted by molar-refractivity contribution is -0.143. The number of aromatic nitrogens is 4. The molecule has 2 fully saturated rings. The second-order valence-electron chi connectivity index (χ2n) is 10.9. The third-order valence-corrected chi connectivity index (χ3v) is 8.39. The molecular formula is C29H43N7O6. The van der Waals surface area contributed by atoms with Gasteiger partial charge in [-0.1, -0.05) is 0 Å². The lowest BCUT2D eigenvalue weighted by atomic mass is 9.77. The van der Waals surface area contributed by atoms with Crippen molar-refractivity contribution in [2.24, 2.45) is 11.8 Å². The topological polar surface area (TPSA) is 188 Å². The van der Waals surface area contributed by atoms with Gasteiger partial charge in [-0.15, -0.1) is 0 Å². The first-order valence-corrected chi connectivity index (χ1v) is 14.3. The molecule has 1 aromatic carbocycles. The average Bonchev–Trinajstić information content (AvgIpc) is 3.51. The number of esters is 1. The Morgan fingerprint density at radius 1 is 1.10 bits per heavy atom. The van der Waals surface area contributed by atoms with Crippen molar-refractivity contribution < 1.29 is 29.2 Å². The van der Waals surface area contributed by atoms with Gasteiger partial charge in [0.2, 0.25) is 0 Å². The summed E-state index contributed by atoms with van der Waals surface area (Å²) < 4.78 is 17.6. The molecule has 2 heterocycles. The SMILES string of the molecule is CCOC(=O)CCC1CC(NC[C@H]2C[C@@H](n3cnc4c(NCc5ccc(OC)cc5OC)ncnc43)[C@H](O)[C@@H]2O)C1.N. The summed E-state index contributed by atoms with van der Waals surface area (Å²) in [5.74, 6) is 2.27. The minimum atomic E-state index is -0.937. The predicted molar refractivity (Wildman–Crippen MR) is 157 cm³/mol. The van der Waals surface area contributed by atoms with Gasteiger partial charge in [-0.3, -0.25) is 4.79 Å². The number of benzene rings is 1. The van der Waals surface area contributed by atoms with E-state index < -0.39 is 12.2 Å². The van der Waals surface area contributed by atoms with Crippen molar-refractivity contribution in [2.45, 2.75) is 69.9 Å². The maximum Gasteiger partial charge on any atom is 0.305 e. The summed E-state index contributed by atoms with van der Waals surface area (Å²) in [6.45, 7) is 3.31. The van der Waals surface area contributed by atoms with Crippen LogP contribution >= 0.6 is 0 Å². The Morgan fingerprint density at radius 2 is 1.90 bits per heavy atom. The van der Waals surface area contributed by atoms with E-state index in [4.69, 9.17) is 14.2 Å². The molecule has 2 aromatic heterocycles. The molecule has 2 aliphatic carbocycles. The van der Waals surface area contributed by atoms with Crippen LogP contribution in [0.25, 0.3) is 11.2 Å². The number of nitrogens with one attached hydrogen (secondary N) is 2. The minimum absolute atomic E-state index is 0. The molecule has 2 aliphatic rings. The molecule has 7 N–H and O–H groups in total. The first-order valence-electron chi connectivity index (χ1n) is 14.3. The van der Waals surface area contributed by atoms with Crippen LogP contribution in [0.1, 0.15) is 50.6 Å². The number of carbonyl (C=O) groups is 1. The van der Waals surface area contributed by atoms with Gasteiger partial charge in [0.15, 0.2) is 11.5 Å². The maximum atomic E-state index is 11.6. The van der Waals surface area contributed by atoms with Crippen molar-refractivity contribution in [3.8, 4) is 11.5 Å². The van der Waals surface area contributed by atoms with E-state index in [0.29, 0.717) is 73.0 Å². The van der Waals surface area contributed by atoms with Gasteiger partial charge in [0, 0.05) is 43.1 Å². The van der Waals surface area contributed by atoms with Gasteiger partial charge in [0.1, 0.15) is 29.4 Å². The smallest absolute Gasteiger partial charge is 0.305 e. The standard InChI is InChI=1S/C29H40N6O6.H3N/c1-4-41-24(36)8-5-17-9-20(10-17)30-14-19-11-22(27(38)26(19)37)35-16-34-25-28(32-15-33-29(25)35)31-13-18-6-7-21(39-2)12-23(18)40-3;/h6-7,12,15-17,19-20,22,26-27,30,37-38H,4-5,8-11,13-14H2,1-3H3,(H,31,32,33);1H3/t17?,19-,20?,22-,26-,27+;/m1./s1. The van der Waals surface area contributed by atoms with Gasteiger partial charge in [-0.2, -0.15) is 0 Å². The molecule has 0 bridgehead atoms. The highest BCUT2D eigenvalue weighted by atomic mass is 16.5. The van der Waals surface area contributed by atoms with Crippen molar-refractivity contribution >= 4 is 23.0 Å². The number of anilines is 1. The lowest BCUT2D eigenvalue weighted by Gasteiger charge is -2.37. The average molecular weight is 586 g/mol. The van der Waals surface area contributed by atoms with E-state index >= 15 is 0 Å². The first-order chi connectivity index (χ1) is 19.9. The van der Waals surface area contributed by atoms with Crippen LogP contribution in [0, 0.1) is 11.8 Å². The molecule has 230 valence electrons.